The summed E-state index contributed by atoms with van der Waals surface area (Å²) in [7, 11) is 0. The summed E-state index contributed by atoms with van der Waals surface area (Å²) in [6.45, 7) is 13.2. The number of morpholine rings is 1. The Labute approximate surface area is 152 Å². The molecule has 0 amide bonds. The maximum Gasteiger partial charge on any atom is 0.198 e. The molecule has 1 atom stereocenters. The van der Waals surface area contributed by atoms with Crippen molar-refractivity contribution in [3.05, 3.63) is 29.8 Å². The molecule has 0 spiro atoms. The van der Waals surface area contributed by atoms with Crippen molar-refractivity contribution in [1.82, 2.24) is 10.2 Å². The molecule has 1 saturated heterocycles. The highest BCUT2D eigenvalue weighted by Crippen LogP contribution is 2.27. The molecule has 0 saturated carbocycles. The zero-order valence-corrected chi connectivity index (χ0v) is 15.9. The number of nitrogens with one attached hydrogen (secondary N) is 1. The molecule has 2 aliphatic heterocycles. The fraction of sp³-hybridized carbons (Fsp3) is 0.650. The highest BCUT2D eigenvalue weighted by molar-refractivity contribution is 5.97. The van der Waals surface area contributed by atoms with Crippen molar-refractivity contribution >= 4 is 11.6 Å². The van der Waals surface area contributed by atoms with E-state index in [0.29, 0.717) is 12.0 Å². The number of aliphatic imine (C=N–C) groups is 1. The highest BCUT2D eigenvalue weighted by atomic mass is 16.5. The van der Waals surface area contributed by atoms with E-state index >= 15 is 0 Å². The van der Waals surface area contributed by atoms with Gasteiger partial charge in [0.2, 0.25) is 0 Å². The van der Waals surface area contributed by atoms with Crippen LogP contribution < -0.4 is 10.2 Å². The van der Waals surface area contributed by atoms with Crippen LogP contribution >= 0.6 is 0 Å². The topological polar surface area (TPSA) is 40.1 Å². The van der Waals surface area contributed by atoms with Gasteiger partial charge in [-0.05, 0) is 30.9 Å². The first-order chi connectivity index (χ1) is 12.2. The van der Waals surface area contributed by atoms with Gasteiger partial charge in [-0.15, -0.1) is 0 Å². The van der Waals surface area contributed by atoms with Crippen LogP contribution in [0.1, 0.15) is 26.3 Å². The third-order valence-electron chi connectivity index (χ3n) is 5.19. The molecule has 5 heteroatoms. The molecular weight excluding hydrogens is 312 g/mol. The number of hydrogen-bond donors (Lipinski definition) is 1. The molecule has 5 nitrogen and oxygen atoms in total. The van der Waals surface area contributed by atoms with Gasteiger partial charge in [0.15, 0.2) is 5.96 Å². The first-order valence-corrected chi connectivity index (χ1v) is 9.66. The second-order valence-electron chi connectivity index (χ2n) is 7.18. The Morgan fingerprint density at radius 3 is 2.68 bits per heavy atom. The van der Waals surface area contributed by atoms with Gasteiger partial charge in [-0.1, -0.05) is 32.0 Å². The van der Waals surface area contributed by atoms with E-state index in [0.717, 1.165) is 58.3 Å². The second-order valence-corrected chi connectivity index (χ2v) is 7.18. The molecule has 1 N–H and O–H groups in total. The largest absolute Gasteiger partial charge is 0.379 e. The number of guanidine groups is 1. The maximum absolute atomic E-state index is 5.52. The lowest BCUT2D eigenvalue weighted by Gasteiger charge is -2.36. The van der Waals surface area contributed by atoms with Crippen LogP contribution in [0.5, 0.6) is 0 Å². The van der Waals surface area contributed by atoms with Crippen LogP contribution in [0.4, 0.5) is 5.69 Å². The van der Waals surface area contributed by atoms with Crippen molar-refractivity contribution in [3.63, 3.8) is 0 Å². The molecular formula is C20H32N4O. The number of rotatable bonds is 5. The zero-order valence-electron chi connectivity index (χ0n) is 15.9. The Bertz CT molecular complexity index is 581. The molecule has 1 fully saturated rings. The van der Waals surface area contributed by atoms with Gasteiger partial charge in [-0.2, -0.15) is 0 Å². The molecule has 2 aliphatic rings. The number of hydrogen-bond acceptors (Lipinski definition) is 3. The predicted octanol–water partition coefficient (Wildman–Crippen LogP) is 2.37. The molecule has 1 aromatic rings. The van der Waals surface area contributed by atoms with Crippen molar-refractivity contribution in [3.8, 4) is 0 Å². The van der Waals surface area contributed by atoms with Crippen LogP contribution in [0.2, 0.25) is 0 Å². The summed E-state index contributed by atoms with van der Waals surface area (Å²) in [4.78, 5) is 9.92. The number of nitrogens with zero attached hydrogens (tertiary/aromatic N) is 3. The Morgan fingerprint density at radius 1 is 1.20 bits per heavy atom. The fourth-order valence-electron chi connectivity index (χ4n) is 3.79. The maximum atomic E-state index is 5.52. The Hall–Kier alpha value is -1.59. The third-order valence-corrected chi connectivity index (χ3v) is 5.19. The van der Waals surface area contributed by atoms with Crippen LogP contribution in [0.25, 0.3) is 0 Å². The lowest BCUT2D eigenvalue weighted by atomic mass is 10.0. The van der Waals surface area contributed by atoms with Crippen LogP contribution in [0, 0.1) is 5.92 Å². The van der Waals surface area contributed by atoms with E-state index in [1.54, 1.807) is 0 Å². The Balaban J connectivity index is 1.75. The van der Waals surface area contributed by atoms with Crippen molar-refractivity contribution in [2.24, 2.45) is 10.9 Å². The van der Waals surface area contributed by atoms with E-state index in [-0.39, 0.29) is 0 Å². The van der Waals surface area contributed by atoms with Crippen LogP contribution in [0.15, 0.2) is 29.3 Å². The standard InChI is InChI=1S/C20H32N4O/c1-4-21-20(24-10-9-17-7-5-6-8-18(17)24)22-15-19(16(2)3)23-11-13-25-14-12-23/h5-8,16,19H,4,9-15H2,1-3H3,(H,21,22). The summed E-state index contributed by atoms with van der Waals surface area (Å²) >= 11 is 0. The van der Waals surface area contributed by atoms with Gasteiger partial charge >= 0.3 is 0 Å². The van der Waals surface area contributed by atoms with Gasteiger partial charge in [0.25, 0.3) is 0 Å². The molecule has 0 aromatic heterocycles. The minimum absolute atomic E-state index is 0.468. The van der Waals surface area contributed by atoms with Crippen molar-refractivity contribution in [2.75, 3.05) is 50.8 Å². The smallest absolute Gasteiger partial charge is 0.198 e. The number of anilines is 1. The van der Waals surface area contributed by atoms with Gasteiger partial charge in [-0.25, -0.2) is 0 Å². The third kappa shape index (κ3) is 4.33. The van der Waals surface area contributed by atoms with E-state index in [1.165, 1.54) is 11.3 Å². The molecule has 0 bridgehead atoms. The van der Waals surface area contributed by atoms with E-state index < -0.39 is 0 Å². The summed E-state index contributed by atoms with van der Waals surface area (Å²) in [5, 5.41) is 3.50. The molecule has 2 heterocycles. The highest BCUT2D eigenvalue weighted by Gasteiger charge is 2.26. The zero-order chi connectivity index (χ0) is 17.6. The van der Waals surface area contributed by atoms with E-state index in [1.807, 2.05) is 0 Å². The lowest BCUT2D eigenvalue weighted by molar-refractivity contribution is 0.00868. The molecule has 25 heavy (non-hydrogen) atoms. The quantitative estimate of drug-likeness (QED) is 0.658. The van der Waals surface area contributed by atoms with Crippen molar-refractivity contribution in [1.29, 1.82) is 0 Å². The lowest BCUT2D eigenvalue weighted by Crippen LogP contribution is -2.48. The monoisotopic (exact) mass is 344 g/mol. The molecule has 3 rings (SSSR count). The van der Waals surface area contributed by atoms with Gasteiger partial charge < -0.3 is 15.0 Å². The number of ether oxygens (including phenoxy) is 1. The summed E-state index contributed by atoms with van der Waals surface area (Å²) in [6, 6.07) is 9.14. The Morgan fingerprint density at radius 2 is 1.96 bits per heavy atom. The average Bonchev–Trinajstić information content (AvgIpc) is 3.05. The first kappa shape index (κ1) is 18.2. The summed E-state index contributed by atoms with van der Waals surface area (Å²) in [6.07, 6.45) is 1.09. The van der Waals surface area contributed by atoms with E-state index in [9.17, 15) is 0 Å². The Kier molecular flexibility index (Phi) is 6.32. The molecule has 138 valence electrons. The van der Waals surface area contributed by atoms with Gasteiger partial charge in [0.05, 0.1) is 19.8 Å². The molecule has 1 unspecified atom stereocenters. The van der Waals surface area contributed by atoms with E-state index in [4.69, 9.17) is 9.73 Å². The van der Waals surface area contributed by atoms with Gasteiger partial charge in [-0.3, -0.25) is 9.89 Å². The van der Waals surface area contributed by atoms with Crippen LogP contribution in [-0.2, 0) is 11.2 Å². The average molecular weight is 345 g/mol. The summed E-state index contributed by atoms with van der Waals surface area (Å²) < 4.78 is 5.52. The minimum Gasteiger partial charge on any atom is -0.379 e. The summed E-state index contributed by atoms with van der Waals surface area (Å²) in [5.41, 5.74) is 2.72. The van der Waals surface area contributed by atoms with Gasteiger partial charge in [0.1, 0.15) is 0 Å². The van der Waals surface area contributed by atoms with Crippen LogP contribution in [0.3, 0.4) is 0 Å². The predicted molar refractivity (Wildman–Crippen MR) is 104 cm³/mol. The minimum atomic E-state index is 0.468. The first-order valence-electron chi connectivity index (χ1n) is 9.66. The molecule has 0 radical (unpaired) electrons. The molecule has 0 aliphatic carbocycles. The molecule has 1 aromatic carbocycles. The summed E-state index contributed by atoms with van der Waals surface area (Å²) in [5.74, 6) is 1.60. The van der Waals surface area contributed by atoms with E-state index in [2.05, 4.69) is 60.2 Å². The number of fused-ring (bicyclic) bond motifs is 1. The number of benzene rings is 1. The SMILES string of the molecule is CCNC(=NCC(C(C)C)N1CCOCC1)N1CCc2ccccc21. The van der Waals surface area contributed by atoms with Crippen LogP contribution in [-0.4, -0.2) is 62.8 Å². The fourth-order valence-corrected chi connectivity index (χ4v) is 3.79. The van der Waals surface area contributed by atoms with Gasteiger partial charge in [0, 0.05) is 37.9 Å². The number of para-hydroxylation sites is 1. The van der Waals surface area contributed by atoms with Crippen molar-refractivity contribution in [2.45, 2.75) is 33.2 Å². The van der Waals surface area contributed by atoms with Crippen molar-refractivity contribution < 1.29 is 4.74 Å². The normalized spacial score (nSPS) is 20.0. The second kappa shape index (κ2) is 8.68.